The standard InChI is InChI=1S/C17H21ClN4O3S/c1-4-25-21-16(23)14-10-26-15(20-14)9-22(11(2)3)17(24)19-13-7-5-12(18)6-8-13/h5-8,10-11H,4,9H2,1-3H3,(H,19,24)(H,21,23). The number of hydroxylamine groups is 1. The first-order chi connectivity index (χ1) is 12.4. The van der Waals surface area contributed by atoms with Gasteiger partial charge in [0.15, 0.2) is 0 Å². The minimum absolute atomic E-state index is 0.0492. The fourth-order valence-electron chi connectivity index (χ4n) is 2.04. The molecule has 0 aliphatic rings. The minimum atomic E-state index is -0.406. The Kier molecular flexibility index (Phi) is 7.38. The van der Waals surface area contributed by atoms with Gasteiger partial charge in [-0.05, 0) is 45.0 Å². The second-order valence-corrected chi connectivity index (χ2v) is 7.03. The van der Waals surface area contributed by atoms with Gasteiger partial charge in [-0.2, -0.15) is 0 Å². The van der Waals surface area contributed by atoms with Crippen molar-refractivity contribution in [1.29, 1.82) is 0 Å². The zero-order chi connectivity index (χ0) is 19.1. The molecule has 0 spiro atoms. The number of hydrogen-bond donors (Lipinski definition) is 2. The number of rotatable bonds is 7. The average molecular weight is 397 g/mol. The molecule has 7 nitrogen and oxygen atoms in total. The van der Waals surface area contributed by atoms with Crippen LogP contribution in [0.15, 0.2) is 29.6 Å². The maximum absolute atomic E-state index is 12.6. The fourth-order valence-corrected chi connectivity index (χ4v) is 2.94. The lowest BCUT2D eigenvalue weighted by Crippen LogP contribution is -2.39. The van der Waals surface area contributed by atoms with Crippen LogP contribution in [0.2, 0.25) is 5.02 Å². The van der Waals surface area contributed by atoms with Crippen molar-refractivity contribution in [3.63, 3.8) is 0 Å². The summed E-state index contributed by atoms with van der Waals surface area (Å²) >= 11 is 7.17. The molecule has 0 aliphatic carbocycles. The Labute approximate surface area is 161 Å². The molecule has 0 aliphatic heterocycles. The maximum Gasteiger partial charge on any atom is 0.322 e. The third kappa shape index (κ3) is 5.69. The maximum atomic E-state index is 12.6. The molecule has 0 fully saturated rings. The number of carbonyl (C=O) groups is 2. The van der Waals surface area contributed by atoms with Gasteiger partial charge in [0, 0.05) is 22.1 Å². The van der Waals surface area contributed by atoms with Crippen molar-refractivity contribution in [2.24, 2.45) is 0 Å². The Morgan fingerprint density at radius 1 is 1.31 bits per heavy atom. The van der Waals surface area contributed by atoms with Gasteiger partial charge in [-0.1, -0.05) is 11.6 Å². The smallest absolute Gasteiger partial charge is 0.315 e. The molecule has 1 aromatic heterocycles. The summed E-state index contributed by atoms with van der Waals surface area (Å²) in [5, 5.41) is 5.73. The van der Waals surface area contributed by atoms with E-state index in [4.69, 9.17) is 16.4 Å². The number of nitrogens with one attached hydrogen (secondary N) is 2. The monoisotopic (exact) mass is 396 g/mol. The molecule has 140 valence electrons. The molecule has 0 saturated carbocycles. The molecule has 1 heterocycles. The highest BCUT2D eigenvalue weighted by Crippen LogP contribution is 2.17. The summed E-state index contributed by atoms with van der Waals surface area (Å²) in [6, 6.07) is 6.59. The van der Waals surface area contributed by atoms with Crippen molar-refractivity contribution in [3.05, 3.63) is 45.4 Å². The number of halogens is 1. The van der Waals surface area contributed by atoms with Crippen molar-refractivity contribution in [3.8, 4) is 0 Å². The van der Waals surface area contributed by atoms with E-state index in [1.165, 1.54) is 11.3 Å². The summed E-state index contributed by atoms with van der Waals surface area (Å²) in [5.41, 5.74) is 3.22. The Hall–Kier alpha value is -2.16. The van der Waals surface area contributed by atoms with Gasteiger partial charge in [0.2, 0.25) is 0 Å². The first-order valence-electron chi connectivity index (χ1n) is 8.10. The van der Waals surface area contributed by atoms with Gasteiger partial charge < -0.3 is 10.2 Å². The van der Waals surface area contributed by atoms with Crippen LogP contribution in [0.1, 0.15) is 36.3 Å². The quantitative estimate of drug-likeness (QED) is 0.695. The van der Waals surface area contributed by atoms with E-state index >= 15 is 0 Å². The summed E-state index contributed by atoms with van der Waals surface area (Å²) in [7, 11) is 0. The second-order valence-electron chi connectivity index (χ2n) is 5.65. The Bertz CT molecular complexity index is 749. The molecule has 1 aromatic carbocycles. The molecule has 0 saturated heterocycles. The average Bonchev–Trinajstić information content (AvgIpc) is 3.08. The predicted molar refractivity (Wildman–Crippen MR) is 102 cm³/mol. The lowest BCUT2D eigenvalue weighted by atomic mass is 10.3. The van der Waals surface area contributed by atoms with E-state index in [2.05, 4.69) is 15.8 Å². The van der Waals surface area contributed by atoms with E-state index < -0.39 is 5.91 Å². The zero-order valence-corrected chi connectivity index (χ0v) is 16.4. The molecule has 2 rings (SSSR count). The van der Waals surface area contributed by atoms with Crippen LogP contribution in [0, 0.1) is 0 Å². The first kappa shape index (κ1) is 20.2. The third-order valence-corrected chi connectivity index (χ3v) is 4.46. The summed E-state index contributed by atoms with van der Waals surface area (Å²) in [6.07, 6.45) is 0. The van der Waals surface area contributed by atoms with Crippen molar-refractivity contribution < 1.29 is 14.4 Å². The number of aromatic nitrogens is 1. The molecule has 0 atom stereocenters. The zero-order valence-electron chi connectivity index (χ0n) is 14.8. The second kappa shape index (κ2) is 9.51. The van der Waals surface area contributed by atoms with Crippen LogP contribution in [0.4, 0.5) is 10.5 Å². The van der Waals surface area contributed by atoms with E-state index in [0.29, 0.717) is 28.9 Å². The van der Waals surface area contributed by atoms with Crippen molar-refractivity contribution in [2.75, 3.05) is 11.9 Å². The number of anilines is 1. The first-order valence-corrected chi connectivity index (χ1v) is 9.36. The van der Waals surface area contributed by atoms with Crippen LogP contribution < -0.4 is 10.8 Å². The highest BCUT2D eigenvalue weighted by molar-refractivity contribution is 7.09. The number of hydrogen-bond acceptors (Lipinski definition) is 5. The SMILES string of the molecule is CCONC(=O)c1csc(CN(C(=O)Nc2ccc(Cl)cc2)C(C)C)n1. The third-order valence-electron chi connectivity index (χ3n) is 3.38. The molecule has 3 amide bonds. The van der Waals surface area contributed by atoms with E-state index in [9.17, 15) is 9.59 Å². The molecular weight excluding hydrogens is 376 g/mol. The lowest BCUT2D eigenvalue weighted by molar-refractivity contribution is 0.0360. The van der Waals surface area contributed by atoms with E-state index in [-0.39, 0.29) is 17.8 Å². The summed E-state index contributed by atoms with van der Waals surface area (Å²) in [4.78, 5) is 35.2. The fraction of sp³-hybridized carbons (Fsp3) is 0.353. The lowest BCUT2D eigenvalue weighted by Gasteiger charge is -2.26. The van der Waals surface area contributed by atoms with E-state index in [1.807, 2.05) is 13.8 Å². The Balaban J connectivity index is 2.03. The summed E-state index contributed by atoms with van der Waals surface area (Å²) in [5.74, 6) is -0.406. The highest BCUT2D eigenvalue weighted by Gasteiger charge is 2.20. The largest absolute Gasteiger partial charge is 0.322 e. The van der Waals surface area contributed by atoms with Crippen molar-refractivity contribution >= 4 is 40.6 Å². The Morgan fingerprint density at radius 2 is 2.00 bits per heavy atom. The summed E-state index contributed by atoms with van der Waals surface area (Å²) < 4.78 is 0. The van der Waals surface area contributed by atoms with Crippen molar-refractivity contribution in [1.82, 2.24) is 15.4 Å². The molecule has 2 N–H and O–H groups in total. The molecule has 2 aromatic rings. The van der Waals surface area contributed by atoms with Crippen LogP contribution in [-0.2, 0) is 11.4 Å². The van der Waals surface area contributed by atoms with E-state index in [0.717, 1.165) is 0 Å². The van der Waals surface area contributed by atoms with Gasteiger partial charge in [0.1, 0.15) is 10.7 Å². The van der Waals surface area contributed by atoms with Gasteiger partial charge in [0.05, 0.1) is 13.2 Å². The molecular formula is C17H21ClN4O3S. The number of urea groups is 1. The van der Waals surface area contributed by atoms with Crippen LogP contribution in [0.5, 0.6) is 0 Å². The highest BCUT2D eigenvalue weighted by atomic mass is 35.5. The van der Waals surface area contributed by atoms with Crippen LogP contribution >= 0.6 is 22.9 Å². The number of thiazole rings is 1. The van der Waals surface area contributed by atoms with Gasteiger partial charge in [0.25, 0.3) is 5.91 Å². The van der Waals surface area contributed by atoms with Crippen LogP contribution in [0.3, 0.4) is 0 Å². The number of benzene rings is 1. The van der Waals surface area contributed by atoms with Gasteiger partial charge >= 0.3 is 6.03 Å². The molecule has 9 heteroatoms. The topological polar surface area (TPSA) is 83.6 Å². The van der Waals surface area contributed by atoms with Crippen LogP contribution in [0.25, 0.3) is 0 Å². The molecule has 0 bridgehead atoms. The predicted octanol–water partition coefficient (Wildman–Crippen LogP) is 3.92. The molecule has 0 radical (unpaired) electrons. The normalized spacial score (nSPS) is 10.7. The number of carbonyl (C=O) groups excluding carboxylic acids is 2. The Morgan fingerprint density at radius 3 is 2.62 bits per heavy atom. The van der Waals surface area contributed by atoms with Gasteiger partial charge in [-0.25, -0.2) is 15.3 Å². The van der Waals surface area contributed by atoms with Gasteiger partial charge in [-0.3, -0.25) is 9.63 Å². The number of amides is 3. The molecule has 26 heavy (non-hydrogen) atoms. The summed E-state index contributed by atoms with van der Waals surface area (Å²) in [6.45, 7) is 6.26. The van der Waals surface area contributed by atoms with E-state index in [1.54, 1.807) is 41.5 Å². The number of nitrogens with zero attached hydrogens (tertiary/aromatic N) is 2. The van der Waals surface area contributed by atoms with Crippen molar-refractivity contribution in [2.45, 2.75) is 33.4 Å². The van der Waals surface area contributed by atoms with Crippen LogP contribution in [-0.4, -0.2) is 34.5 Å². The molecule has 0 unspecified atom stereocenters. The van der Waals surface area contributed by atoms with Gasteiger partial charge in [-0.15, -0.1) is 11.3 Å². The minimum Gasteiger partial charge on any atom is -0.315 e.